The van der Waals surface area contributed by atoms with Crippen molar-refractivity contribution in [3.05, 3.63) is 109 Å². The van der Waals surface area contributed by atoms with Crippen molar-refractivity contribution in [1.29, 1.82) is 0 Å². The van der Waals surface area contributed by atoms with Gasteiger partial charge in [0.1, 0.15) is 10.0 Å². The topological polar surface area (TPSA) is 51.6 Å². The van der Waals surface area contributed by atoms with Crippen LogP contribution in [-0.2, 0) is 0 Å². The number of rotatable bonds is 4. The van der Waals surface area contributed by atoms with Gasteiger partial charge in [0.2, 0.25) is 0 Å². The molecule has 3 aromatic carbocycles. The predicted molar refractivity (Wildman–Crippen MR) is 150 cm³/mol. The Morgan fingerprint density at radius 1 is 0.472 bits per heavy atom. The van der Waals surface area contributed by atoms with Crippen LogP contribution in [0.1, 0.15) is 0 Å². The molecule has 0 radical (unpaired) electrons. The first kappa shape index (κ1) is 21.1. The lowest BCUT2D eigenvalue weighted by Gasteiger charge is -2.18. The number of pyridine rings is 2. The van der Waals surface area contributed by atoms with Crippen LogP contribution in [0.25, 0.3) is 64.9 Å². The van der Waals surface area contributed by atoms with Crippen LogP contribution in [0.2, 0.25) is 0 Å². The molecule has 0 N–H and O–H groups in total. The Hall–Kier alpha value is -4.26. The SMILES string of the molecule is c1ccc2c(-c3cncc(-c4nccs4)c3)c3ccccc3c(-c3cncc(-c4nccs4)c3)c2c1. The summed E-state index contributed by atoms with van der Waals surface area (Å²) >= 11 is 3.25. The molecule has 0 aliphatic carbocycles. The first-order valence-electron chi connectivity index (χ1n) is 11.5. The number of thiazole rings is 2. The lowest BCUT2D eigenvalue weighted by atomic mass is 9.86. The van der Waals surface area contributed by atoms with E-state index in [1.54, 1.807) is 22.7 Å². The maximum absolute atomic E-state index is 4.60. The molecule has 0 aliphatic heterocycles. The van der Waals surface area contributed by atoms with Crippen molar-refractivity contribution in [2.45, 2.75) is 0 Å². The normalized spacial score (nSPS) is 11.3. The van der Waals surface area contributed by atoms with Gasteiger partial charge in [-0.25, -0.2) is 9.97 Å². The highest BCUT2D eigenvalue weighted by Gasteiger charge is 2.18. The molecule has 36 heavy (non-hydrogen) atoms. The number of hydrogen-bond donors (Lipinski definition) is 0. The molecule has 4 heterocycles. The third-order valence-electron chi connectivity index (χ3n) is 6.34. The Morgan fingerprint density at radius 3 is 1.22 bits per heavy atom. The van der Waals surface area contributed by atoms with E-state index in [0.29, 0.717) is 0 Å². The van der Waals surface area contributed by atoms with Crippen molar-refractivity contribution in [2.24, 2.45) is 0 Å². The van der Waals surface area contributed by atoms with Gasteiger partial charge in [0.05, 0.1) is 0 Å². The minimum atomic E-state index is 0.972. The fourth-order valence-electron chi connectivity index (χ4n) is 4.87. The largest absolute Gasteiger partial charge is 0.263 e. The van der Waals surface area contributed by atoms with E-state index >= 15 is 0 Å². The summed E-state index contributed by atoms with van der Waals surface area (Å²) in [6.07, 6.45) is 11.3. The van der Waals surface area contributed by atoms with Crippen molar-refractivity contribution < 1.29 is 0 Å². The molecule has 0 spiro atoms. The van der Waals surface area contributed by atoms with E-state index < -0.39 is 0 Å². The van der Waals surface area contributed by atoms with Gasteiger partial charge in [-0.3, -0.25) is 9.97 Å². The van der Waals surface area contributed by atoms with Crippen LogP contribution in [0.5, 0.6) is 0 Å². The molecule has 7 rings (SSSR count). The molecule has 170 valence electrons. The molecular formula is C30H18N4S2. The predicted octanol–water partition coefficient (Wildman–Crippen LogP) is 8.36. The number of aromatic nitrogens is 4. The lowest BCUT2D eigenvalue weighted by Crippen LogP contribution is -1.92. The number of benzene rings is 3. The second-order valence-corrected chi connectivity index (χ2v) is 10.2. The maximum atomic E-state index is 4.60. The standard InChI is InChI=1S/C30H18N4S2/c1-2-6-24-23(5-1)27(19-13-21(17-31-15-19)29-33-9-11-35-29)25-7-3-4-8-26(25)28(24)20-14-22(18-32-16-20)30-34-10-12-36-30/h1-18H. The van der Waals surface area contributed by atoms with Gasteiger partial charge in [0.25, 0.3) is 0 Å². The smallest absolute Gasteiger partial charge is 0.124 e. The fraction of sp³-hybridized carbons (Fsp3) is 0. The van der Waals surface area contributed by atoms with E-state index in [2.05, 4.69) is 80.6 Å². The molecule has 0 fully saturated rings. The van der Waals surface area contributed by atoms with Crippen LogP contribution in [0, 0.1) is 0 Å². The van der Waals surface area contributed by atoms with Crippen LogP contribution < -0.4 is 0 Å². The van der Waals surface area contributed by atoms with Gasteiger partial charge in [-0.15, -0.1) is 22.7 Å². The summed E-state index contributed by atoms with van der Waals surface area (Å²) in [4.78, 5) is 18.2. The minimum absolute atomic E-state index is 0.972. The van der Waals surface area contributed by atoms with Crippen LogP contribution in [0.3, 0.4) is 0 Å². The van der Waals surface area contributed by atoms with E-state index in [9.17, 15) is 0 Å². The van der Waals surface area contributed by atoms with E-state index in [1.807, 2.05) is 47.9 Å². The number of hydrogen-bond acceptors (Lipinski definition) is 6. The molecular weight excluding hydrogens is 480 g/mol. The number of fused-ring (bicyclic) bond motifs is 2. The van der Waals surface area contributed by atoms with Crippen molar-refractivity contribution >= 4 is 44.2 Å². The van der Waals surface area contributed by atoms with E-state index in [-0.39, 0.29) is 0 Å². The van der Waals surface area contributed by atoms with Crippen molar-refractivity contribution in [3.8, 4) is 43.4 Å². The maximum Gasteiger partial charge on any atom is 0.124 e. The van der Waals surface area contributed by atoms with Crippen molar-refractivity contribution in [1.82, 2.24) is 19.9 Å². The molecule has 0 bridgehead atoms. The van der Waals surface area contributed by atoms with E-state index in [1.165, 1.54) is 32.7 Å². The fourth-order valence-corrected chi connectivity index (χ4v) is 6.11. The summed E-state index contributed by atoms with van der Waals surface area (Å²) in [5, 5.41) is 10.7. The average Bonchev–Trinajstić information content (AvgIpc) is 3.67. The summed E-state index contributed by atoms with van der Waals surface area (Å²) in [7, 11) is 0. The average molecular weight is 499 g/mol. The molecule has 0 saturated carbocycles. The Kier molecular flexibility index (Phi) is 5.12. The molecule has 6 heteroatoms. The van der Waals surface area contributed by atoms with Gasteiger partial charge in [0, 0.05) is 70.2 Å². The van der Waals surface area contributed by atoms with Crippen molar-refractivity contribution in [2.75, 3.05) is 0 Å². The van der Waals surface area contributed by atoms with Gasteiger partial charge in [-0.2, -0.15) is 0 Å². The Balaban J connectivity index is 1.54. The Morgan fingerprint density at radius 2 is 0.861 bits per heavy atom. The highest BCUT2D eigenvalue weighted by atomic mass is 32.1. The molecule has 0 unspecified atom stereocenters. The van der Waals surface area contributed by atoms with Crippen LogP contribution >= 0.6 is 22.7 Å². The van der Waals surface area contributed by atoms with E-state index in [4.69, 9.17) is 0 Å². The monoisotopic (exact) mass is 498 g/mol. The van der Waals surface area contributed by atoms with Crippen LogP contribution in [0.4, 0.5) is 0 Å². The molecule has 0 amide bonds. The third-order valence-corrected chi connectivity index (χ3v) is 7.99. The molecule has 0 atom stereocenters. The summed E-state index contributed by atoms with van der Waals surface area (Å²) in [6, 6.07) is 21.6. The summed E-state index contributed by atoms with van der Waals surface area (Å²) < 4.78 is 0. The summed E-state index contributed by atoms with van der Waals surface area (Å²) in [5.74, 6) is 0. The van der Waals surface area contributed by atoms with Crippen molar-refractivity contribution in [3.63, 3.8) is 0 Å². The lowest BCUT2D eigenvalue weighted by molar-refractivity contribution is 1.31. The summed E-state index contributed by atoms with van der Waals surface area (Å²) in [5.41, 5.74) is 6.58. The van der Waals surface area contributed by atoms with Crippen LogP contribution in [-0.4, -0.2) is 19.9 Å². The highest BCUT2D eigenvalue weighted by Crippen LogP contribution is 2.44. The zero-order valence-electron chi connectivity index (χ0n) is 19.0. The van der Waals surface area contributed by atoms with Gasteiger partial charge in [0.15, 0.2) is 0 Å². The zero-order chi connectivity index (χ0) is 23.9. The minimum Gasteiger partial charge on any atom is -0.263 e. The van der Waals surface area contributed by atoms with Gasteiger partial charge < -0.3 is 0 Å². The molecule has 4 nitrogen and oxygen atoms in total. The highest BCUT2D eigenvalue weighted by molar-refractivity contribution is 7.13. The van der Waals surface area contributed by atoms with Crippen LogP contribution in [0.15, 0.2) is 109 Å². The second-order valence-electron chi connectivity index (χ2n) is 8.44. The quantitative estimate of drug-likeness (QED) is 0.229. The van der Waals surface area contributed by atoms with Gasteiger partial charge in [-0.05, 0) is 44.8 Å². The molecule has 0 saturated heterocycles. The Labute approximate surface area is 215 Å². The second kappa shape index (κ2) is 8.75. The molecule has 0 aliphatic rings. The Bertz CT molecular complexity index is 1650. The third kappa shape index (κ3) is 3.50. The zero-order valence-corrected chi connectivity index (χ0v) is 20.6. The summed E-state index contributed by atoms with van der Waals surface area (Å²) in [6.45, 7) is 0. The first-order chi connectivity index (χ1) is 17.9. The van der Waals surface area contributed by atoms with Gasteiger partial charge in [-0.1, -0.05) is 48.5 Å². The van der Waals surface area contributed by atoms with Gasteiger partial charge >= 0.3 is 0 Å². The van der Waals surface area contributed by atoms with E-state index in [0.717, 1.165) is 32.3 Å². The number of nitrogens with zero attached hydrogens (tertiary/aromatic N) is 4. The molecule has 7 aromatic rings. The first-order valence-corrected chi connectivity index (χ1v) is 13.3. The molecule has 4 aromatic heterocycles.